The first-order chi connectivity index (χ1) is 5.81. The number of benzene rings is 1. The molecule has 2 N–H and O–H groups in total. The number of nitriles is 1. The van der Waals surface area contributed by atoms with Gasteiger partial charge in [0, 0.05) is 11.8 Å². The fourth-order valence-electron chi connectivity index (χ4n) is 1.03. The maximum Gasteiger partial charge on any atom is 0.191 e. The zero-order valence-corrected chi connectivity index (χ0v) is 6.11. The average Bonchev–Trinajstić information content (AvgIpc) is 2.46. The third-order valence-corrected chi connectivity index (χ3v) is 1.60. The van der Waals surface area contributed by atoms with Crippen LogP contribution in [-0.2, 0) is 0 Å². The third kappa shape index (κ3) is 0.805. The number of hydrogen-bond donors (Lipinski definition) is 1. The van der Waals surface area contributed by atoms with E-state index in [1.165, 1.54) is 0 Å². The number of hydrogen-bond acceptors (Lipinski definition) is 4. The fraction of sp³-hybridized carbons (Fsp3) is 0. The lowest BCUT2D eigenvalue weighted by molar-refractivity contribution is 0.454. The van der Waals surface area contributed by atoms with Crippen LogP contribution in [0, 0.1) is 11.3 Å². The number of nitrogens with zero attached hydrogens (tertiary/aromatic N) is 2. The van der Waals surface area contributed by atoms with Crippen LogP contribution in [0.5, 0.6) is 0 Å². The maximum atomic E-state index is 8.59. The van der Waals surface area contributed by atoms with Crippen molar-refractivity contribution >= 4 is 16.7 Å². The minimum Gasteiger partial charge on any atom is -0.399 e. The summed E-state index contributed by atoms with van der Waals surface area (Å²) in [5.41, 5.74) is 6.95. The molecule has 1 aromatic carbocycles. The van der Waals surface area contributed by atoms with E-state index in [4.69, 9.17) is 15.5 Å². The molecule has 1 heterocycles. The molecule has 2 rings (SSSR count). The van der Waals surface area contributed by atoms with Gasteiger partial charge in [-0.15, -0.1) is 0 Å². The lowest BCUT2D eigenvalue weighted by Crippen LogP contribution is -1.81. The molecule has 0 saturated carbocycles. The van der Waals surface area contributed by atoms with E-state index in [9.17, 15) is 0 Å². The van der Waals surface area contributed by atoms with Gasteiger partial charge in [0.05, 0.1) is 5.39 Å². The van der Waals surface area contributed by atoms with Crippen molar-refractivity contribution in [3.63, 3.8) is 0 Å². The van der Waals surface area contributed by atoms with Gasteiger partial charge in [0.25, 0.3) is 0 Å². The van der Waals surface area contributed by atoms with Crippen molar-refractivity contribution in [2.24, 2.45) is 0 Å². The van der Waals surface area contributed by atoms with Crippen LogP contribution >= 0.6 is 0 Å². The van der Waals surface area contributed by atoms with Gasteiger partial charge in [-0.3, -0.25) is 0 Å². The Kier molecular flexibility index (Phi) is 1.25. The van der Waals surface area contributed by atoms with E-state index in [0.29, 0.717) is 22.4 Å². The summed E-state index contributed by atoms with van der Waals surface area (Å²) in [6.07, 6.45) is 0. The summed E-state index contributed by atoms with van der Waals surface area (Å²) in [5.74, 6) is 0. The molecular formula is C8H5N3O. The minimum absolute atomic E-state index is 0.296. The Morgan fingerprint density at radius 2 is 2.33 bits per heavy atom. The predicted octanol–water partition coefficient (Wildman–Crippen LogP) is 1.28. The van der Waals surface area contributed by atoms with Crippen LogP contribution in [0.15, 0.2) is 22.7 Å². The molecule has 0 unspecified atom stereocenters. The Morgan fingerprint density at radius 1 is 1.50 bits per heavy atom. The van der Waals surface area contributed by atoms with Gasteiger partial charge in [0.1, 0.15) is 6.07 Å². The van der Waals surface area contributed by atoms with Gasteiger partial charge in [0.15, 0.2) is 11.3 Å². The lowest BCUT2D eigenvalue weighted by atomic mass is 10.2. The SMILES string of the molecule is N#Cc1noc2cc(N)ccc12. The smallest absolute Gasteiger partial charge is 0.191 e. The molecular weight excluding hydrogens is 154 g/mol. The third-order valence-electron chi connectivity index (χ3n) is 1.60. The highest BCUT2D eigenvalue weighted by Crippen LogP contribution is 2.19. The van der Waals surface area contributed by atoms with Gasteiger partial charge in [-0.25, -0.2) is 0 Å². The molecule has 0 radical (unpaired) electrons. The molecule has 4 nitrogen and oxygen atoms in total. The molecule has 0 amide bonds. The molecule has 0 aliphatic rings. The Morgan fingerprint density at radius 3 is 3.08 bits per heavy atom. The Hall–Kier alpha value is -2.02. The minimum atomic E-state index is 0.296. The highest BCUT2D eigenvalue weighted by atomic mass is 16.5. The van der Waals surface area contributed by atoms with E-state index in [2.05, 4.69) is 5.16 Å². The normalized spacial score (nSPS) is 9.92. The van der Waals surface area contributed by atoms with Gasteiger partial charge in [-0.05, 0) is 12.1 Å². The van der Waals surface area contributed by atoms with Crippen molar-refractivity contribution in [2.45, 2.75) is 0 Å². The largest absolute Gasteiger partial charge is 0.399 e. The number of anilines is 1. The van der Waals surface area contributed by atoms with E-state index >= 15 is 0 Å². The first-order valence-corrected chi connectivity index (χ1v) is 3.36. The average molecular weight is 159 g/mol. The first kappa shape index (κ1) is 6.68. The second-order valence-corrected chi connectivity index (χ2v) is 2.40. The van der Waals surface area contributed by atoms with Gasteiger partial charge in [-0.1, -0.05) is 5.16 Å². The summed E-state index contributed by atoms with van der Waals surface area (Å²) in [4.78, 5) is 0. The first-order valence-electron chi connectivity index (χ1n) is 3.36. The molecule has 12 heavy (non-hydrogen) atoms. The Balaban J connectivity index is 2.84. The van der Waals surface area contributed by atoms with E-state index in [1.807, 2.05) is 6.07 Å². The predicted molar refractivity (Wildman–Crippen MR) is 43.1 cm³/mol. The standard InChI is InChI=1S/C8H5N3O/c9-4-7-6-2-1-5(10)3-8(6)12-11-7/h1-3H,10H2. The van der Waals surface area contributed by atoms with Crippen molar-refractivity contribution < 1.29 is 4.52 Å². The molecule has 0 atom stereocenters. The quantitative estimate of drug-likeness (QED) is 0.587. The number of nitrogens with two attached hydrogens (primary N) is 1. The molecule has 0 saturated heterocycles. The van der Waals surface area contributed by atoms with Crippen LogP contribution in [0.25, 0.3) is 11.0 Å². The highest BCUT2D eigenvalue weighted by Gasteiger charge is 2.05. The van der Waals surface area contributed by atoms with Crippen LogP contribution in [0.2, 0.25) is 0 Å². The van der Waals surface area contributed by atoms with Gasteiger partial charge in [-0.2, -0.15) is 5.26 Å². The Bertz CT molecular complexity index is 467. The van der Waals surface area contributed by atoms with Crippen LogP contribution in [0.4, 0.5) is 5.69 Å². The van der Waals surface area contributed by atoms with Gasteiger partial charge < -0.3 is 10.3 Å². The molecule has 0 spiro atoms. The topological polar surface area (TPSA) is 75.8 Å². The van der Waals surface area contributed by atoms with E-state index in [-0.39, 0.29) is 0 Å². The molecule has 58 valence electrons. The van der Waals surface area contributed by atoms with Gasteiger partial charge in [0.2, 0.25) is 0 Å². The van der Waals surface area contributed by atoms with Crippen LogP contribution < -0.4 is 5.73 Å². The molecule has 0 aliphatic heterocycles. The number of fused-ring (bicyclic) bond motifs is 1. The van der Waals surface area contributed by atoms with Crippen molar-refractivity contribution in [1.29, 1.82) is 5.26 Å². The van der Waals surface area contributed by atoms with Gasteiger partial charge >= 0.3 is 0 Å². The second kappa shape index (κ2) is 2.24. The summed E-state index contributed by atoms with van der Waals surface area (Å²) in [5, 5.41) is 12.9. The van der Waals surface area contributed by atoms with Crippen LogP contribution in [-0.4, -0.2) is 5.16 Å². The molecule has 1 aromatic heterocycles. The summed E-state index contributed by atoms with van der Waals surface area (Å²) >= 11 is 0. The monoisotopic (exact) mass is 159 g/mol. The Labute approximate surface area is 68.2 Å². The van der Waals surface area contributed by atoms with Crippen molar-refractivity contribution in [2.75, 3.05) is 5.73 Å². The zero-order valence-electron chi connectivity index (χ0n) is 6.11. The van der Waals surface area contributed by atoms with Crippen molar-refractivity contribution in [1.82, 2.24) is 5.16 Å². The molecule has 4 heteroatoms. The van der Waals surface area contributed by atoms with E-state index in [1.54, 1.807) is 18.2 Å². The summed E-state index contributed by atoms with van der Waals surface area (Å²) in [7, 11) is 0. The summed E-state index contributed by atoms with van der Waals surface area (Å²) < 4.78 is 4.87. The molecule has 0 fully saturated rings. The maximum absolute atomic E-state index is 8.59. The van der Waals surface area contributed by atoms with E-state index in [0.717, 1.165) is 0 Å². The molecule has 0 aliphatic carbocycles. The van der Waals surface area contributed by atoms with Crippen molar-refractivity contribution in [3.05, 3.63) is 23.9 Å². The molecule has 2 aromatic rings. The second-order valence-electron chi connectivity index (χ2n) is 2.40. The summed E-state index contributed by atoms with van der Waals surface area (Å²) in [6, 6.07) is 7.00. The zero-order chi connectivity index (χ0) is 8.55. The van der Waals surface area contributed by atoms with Crippen LogP contribution in [0.1, 0.15) is 5.69 Å². The fourth-order valence-corrected chi connectivity index (χ4v) is 1.03. The lowest BCUT2D eigenvalue weighted by Gasteiger charge is -1.88. The highest BCUT2D eigenvalue weighted by molar-refractivity contribution is 5.84. The number of nitrogen functional groups attached to an aromatic ring is 1. The van der Waals surface area contributed by atoms with Crippen LogP contribution in [0.3, 0.4) is 0 Å². The number of aromatic nitrogens is 1. The summed E-state index contributed by atoms with van der Waals surface area (Å²) in [6.45, 7) is 0. The van der Waals surface area contributed by atoms with Crippen molar-refractivity contribution in [3.8, 4) is 6.07 Å². The molecule has 0 bridgehead atoms. The number of rotatable bonds is 0. The van der Waals surface area contributed by atoms with E-state index < -0.39 is 0 Å².